The van der Waals surface area contributed by atoms with Gasteiger partial charge in [0, 0.05) is 53.6 Å². The first-order valence-corrected chi connectivity index (χ1v) is 11.8. The van der Waals surface area contributed by atoms with Gasteiger partial charge in [0.05, 0.1) is 18.3 Å². The monoisotopic (exact) mass is 467 g/mol. The van der Waals surface area contributed by atoms with Crippen molar-refractivity contribution >= 4 is 22.3 Å². The average molecular weight is 468 g/mol. The van der Waals surface area contributed by atoms with Gasteiger partial charge in [0.15, 0.2) is 0 Å². The Morgan fingerprint density at radius 3 is 2.77 bits per heavy atom. The van der Waals surface area contributed by atoms with Crippen LogP contribution < -0.4 is 16.0 Å². The van der Waals surface area contributed by atoms with Gasteiger partial charge in [-0.2, -0.15) is 0 Å². The number of H-pyrrole nitrogens is 1. The Morgan fingerprint density at radius 2 is 2.03 bits per heavy atom. The van der Waals surface area contributed by atoms with Gasteiger partial charge in [-0.25, -0.2) is 4.98 Å². The Kier molecular flexibility index (Phi) is 6.33. The zero-order valence-corrected chi connectivity index (χ0v) is 19.8. The molecule has 0 saturated carbocycles. The molecule has 3 heterocycles. The lowest BCUT2D eigenvalue weighted by molar-refractivity contribution is 0.199. The number of aromatic amines is 1. The van der Waals surface area contributed by atoms with Crippen molar-refractivity contribution in [2.45, 2.75) is 25.3 Å². The Hall–Kier alpha value is -3.97. The van der Waals surface area contributed by atoms with Crippen LogP contribution in [0.15, 0.2) is 71.7 Å². The van der Waals surface area contributed by atoms with Gasteiger partial charge in [-0.1, -0.05) is 30.3 Å². The second kappa shape index (κ2) is 9.72. The molecular weight excluding hydrogens is 438 g/mol. The first kappa shape index (κ1) is 22.8. The highest BCUT2D eigenvalue weighted by Gasteiger charge is 2.24. The van der Waals surface area contributed by atoms with Gasteiger partial charge in [0.25, 0.3) is 5.56 Å². The second-order valence-electron chi connectivity index (χ2n) is 9.10. The fourth-order valence-electron chi connectivity index (χ4n) is 4.91. The Morgan fingerprint density at radius 1 is 1.20 bits per heavy atom. The first-order valence-electron chi connectivity index (χ1n) is 11.8. The Balaban J connectivity index is 1.44. The summed E-state index contributed by atoms with van der Waals surface area (Å²) in [7, 11) is 1.56. The highest BCUT2D eigenvalue weighted by molar-refractivity contribution is 6.15. The molecule has 4 N–H and O–H groups in total. The third kappa shape index (κ3) is 4.81. The molecule has 35 heavy (non-hydrogen) atoms. The highest BCUT2D eigenvalue weighted by Crippen LogP contribution is 2.29. The van der Waals surface area contributed by atoms with Crippen LogP contribution in [-0.2, 0) is 6.54 Å². The van der Waals surface area contributed by atoms with E-state index in [1.165, 1.54) is 5.56 Å². The number of hydrogen-bond acceptors (Lipinski definition) is 6. The minimum absolute atomic E-state index is 0.0642. The summed E-state index contributed by atoms with van der Waals surface area (Å²) < 4.78 is 5.12. The van der Waals surface area contributed by atoms with E-state index in [4.69, 9.17) is 15.9 Å². The lowest BCUT2D eigenvalue weighted by atomic mass is 9.90. The standard InChI is InChI=1S/C28H29N5O2/c1-35-26-10-9-19(15-31-26)27(30)23-13-21-12-22(28(34)32-25(21)14-24(23)29)20-8-5-11-33(17-20)16-18-6-3-2-4-7-18/h2-4,6-7,9-10,12-15,20,30H,5,8,11,16-17,29H2,1H3,(H,32,34). The van der Waals surface area contributed by atoms with E-state index < -0.39 is 0 Å². The predicted octanol–water partition coefficient (Wildman–Crippen LogP) is 4.31. The van der Waals surface area contributed by atoms with Crippen molar-refractivity contribution in [2.75, 3.05) is 25.9 Å². The lowest BCUT2D eigenvalue weighted by Gasteiger charge is -2.32. The smallest absolute Gasteiger partial charge is 0.251 e. The molecule has 1 atom stereocenters. The normalized spacial score (nSPS) is 16.3. The van der Waals surface area contributed by atoms with E-state index in [0.717, 1.165) is 43.4 Å². The number of piperidine rings is 1. The van der Waals surface area contributed by atoms with Gasteiger partial charge in [-0.3, -0.25) is 15.1 Å². The minimum atomic E-state index is -0.0642. The molecule has 5 rings (SSSR count). The van der Waals surface area contributed by atoms with Crippen LogP contribution in [0.4, 0.5) is 5.69 Å². The van der Waals surface area contributed by atoms with Gasteiger partial charge in [-0.05, 0) is 54.6 Å². The van der Waals surface area contributed by atoms with Gasteiger partial charge in [-0.15, -0.1) is 0 Å². The van der Waals surface area contributed by atoms with E-state index in [9.17, 15) is 4.79 Å². The summed E-state index contributed by atoms with van der Waals surface area (Å²) in [5, 5.41) is 9.57. The Bertz CT molecular complexity index is 1410. The quantitative estimate of drug-likeness (QED) is 0.289. The van der Waals surface area contributed by atoms with Crippen molar-refractivity contribution in [1.82, 2.24) is 14.9 Å². The zero-order valence-electron chi connectivity index (χ0n) is 19.8. The maximum Gasteiger partial charge on any atom is 0.251 e. The molecule has 7 nitrogen and oxygen atoms in total. The van der Waals surface area contributed by atoms with E-state index in [0.29, 0.717) is 28.2 Å². The summed E-state index contributed by atoms with van der Waals surface area (Å²) in [6, 6.07) is 19.6. The number of aromatic nitrogens is 2. The van der Waals surface area contributed by atoms with Gasteiger partial charge in [0.1, 0.15) is 0 Å². The maximum atomic E-state index is 13.0. The summed E-state index contributed by atoms with van der Waals surface area (Å²) in [5.74, 6) is 0.649. The lowest BCUT2D eigenvalue weighted by Crippen LogP contribution is -2.35. The molecule has 1 aliphatic rings. The SMILES string of the molecule is COc1ccc(C(=N)c2cc3cc(C4CCCN(Cc5ccccc5)C4)c(=O)[nH]c3cc2N)cn1. The molecule has 1 fully saturated rings. The van der Waals surface area contributed by atoms with Crippen LogP contribution in [0.5, 0.6) is 5.88 Å². The number of benzene rings is 2. The Labute approximate surface area is 204 Å². The van der Waals surface area contributed by atoms with Crippen LogP contribution in [0.3, 0.4) is 0 Å². The van der Waals surface area contributed by atoms with E-state index in [1.807, 2.05) is 18.2 Å². The van der Waals surface area contributed by atoms with Gasteiger partial charge < -0.3 is 15.5 Å². The number of nitrogen functional groups attached to an aromatic ring is 1. The molecule has 4 aromatic rings. The number of ether oxygens (including phenoxy) is 1. The number of anilines is 1. The van der Waals surface area contributed by atoms with Crippen molar-refractivity contribution in [3.8, 4) is 5.88 Å². The summed E-state index contributed by atoms with van der Waals surface area (Å²) in [6.45, 7) is 2.76. The van der Waals surface area contributed by atoms with Crippen LogP contribution >= 0.6 is 0 Å². The topological polar surface area (TPSA) is 108 Å². The molecule has 7 heteroatoms. The molecule has 2 aromatic carbocycles. The number of pyridine rings is 2. The average Bonchev–Trinajstić information content (AvgIpc) is 2.88. The van der Waals surface area contributed by atoms with Crippen molar-refractivity contribution in [1.29, 1.82) is 5.41 Å². The van der Waals surface area contributed by atoms with Crippen LogP contribution in [0.1, 0.15) is 41.0 Å². The summed E-state index contributed by atoms with van der Waals surface area (Å²) in [6.07, 6.45) is 3.64. The van der Waals surface area contributed by atoms with Gasteiger partial charge >= 0.3 is 0 Å². The summed E-state index contributed by atoms with van der Waals surface area (Å²) in [5.41, 5.74) is 10.9. The van der Waals surface area contributed by atoms with E-state index >= 15 is 0 Å². The van der Waals surface area contributed by atoms with Crippen LogP contribution in [-0.4, -0.2) is 40.8 Å². The molecule has 0 amide bonds. The molecule has 0 aliphatic carbocycles. The number of methoxy groups -OCH3 is 1. The van der Waals surface area contributed by atoms with Crippen LogP contribution in [0.2, 0.25) is 0 Å². The minimum Gasteiger partial charge on any atom is -0.481 e. The zero-order chi connectivity index (χ0) is 24.4. The van der Waals surface area contributed by atoms with E-state index in [1.54, 1.807) is 31.5 Å². The highest BCUT2D eigenvalue weighted by atomic mass is 16.5. The molecule has 178 valence electrons. The fourth-order valence-corrected chi connectivity index (χ4v) is 4.91. The summed E-state index contributed by atoms with van der Waals surface area (Å²) >= 11 is 0. The third-order valence-electron chi connectivity index (χ3n) is 6.74. The van der Waals surface area contributed by atoms with Gasteiger partial charge in [0.2, 0.25) is 5.88 Å². The van der Waals surface area contributed by atoms with Crippen molar-refractivity contribution in [3.05, 3.63) is 99.5 Å². The van der Waals surface area contributed by atoms with E-state index in [-0.39, 0.29) is 17.2 Å². The fraction of sp³-hybridized carbons (Fsp3) is 0.250. The molecule has 1 aliphatic heterocycles. The second-order valence-corrected chi connectivity index (χ2v) is 9.10. The number of rotatable bonds is 6. The van der Waals surface area contributed by atoms with Crippen molar-refractivity contribution in [3.63, 3.8) is 0 Å². The molecule has 1 unspecified atom stereocenters. The van der Waals surface area contributed by atoms with E-state index in [2.05, 4.69) is 39.1 Å². The molecule has 0 bridgehead atoms. The van der Waals surface area contributed by atoms with Crippen molar-refractivity contribution < 1.29 is 4.74 Å². The molecule has 1 saturated heterocycles. The summed E-state index contributed by atoms with van der Waals surface area (Å²) in [4.78, 5) is 22.7. The first-order chi connectivity index (χ1) is 17.0. The number of nitrogens with two attached hydrogens (primary N) is 1. The molecule has 2 aromatic heterocycles. The number of nitrogens with one attached hydrogen (secondary N) is 2. The number of nitrogens with zero attached hydrogens (tertiary/aromatic N) is 2. The third-order valence-corrected chi connectivity index (χ3v) is 6.74. The molecule has 0 radical (unpaired) electrons. The largest absolute Gasteiger partial charge is 0.481 e. The number of fused-ring (bicyclic) bond motifs is 1. The number of likely N-dealkylation sites (tertiary alicyclic amines) is 1. The molecular formula is C28H29N5O2. The van der Waals surface area contributed by atoms with Crippen LogP contribution in [0, 0.1) is 5.41 Å². The predicted molar refractivity (Wildman–Crippen MR) is 139 cm³/mol. The number of hydrogen-bond donors (Lipinski definition) is 3. The van der Waals surface area contributed by atoms with Crippen molar-refractivity contribution in [2.24, 2.45) is 0 Å². The van der Waals surface area contributed by atoms with Crippen LogP contribution in [0.25, 0.3) is 10.9 Å². The maximum absolute atomic E-state index is 13.0. The molecule has 0 spiro atoms.